The van der Waals surface area contributed by atoms with E-state index in [-0.39, 0.29) is 11.3 Å². The van der Waals surface area contributed by atoms with Gasteiger partial charge in [0.05, 0.1) is 11.3 Å². The first-order valence-corrected chi connectivity index (χ1v) is 7.25. The molecular weight excluding hydrogens is 270 g/mol. The minimum atomic E-state index is -3.63. The predicted octanol–water partition coefficient (Wildman–Crippen LogP) is -0.0533. The molecule has 0 aromatic heterocycles. The van der Waals surface area contributed by atoms with Crippen LogP contribution in [0, 0.1) is 0 Å². The van der Waals surface area contributed by atoms with Crippen LogP contribution in [0.1, 0.15) is 10.4 Å². The fraction of sp³-hybridized carbons (Fsp3) is 0.364. The molecule has 1 saturated heterocycles. The lowest BCUT2D eigenvalue weighted by Gasteiger charge is -2.26. The Hall–Kier alpha value is -1.64. The molecule has 0 amide bonds. The van der Waals surface area contributed by atoms with Crippen LogP contribution in [0.3, 0.4) is 0 Å². The van der Waals surface area contributed by atoms with Crippen LogP contribution in [0.15, 0.2) is 24.3 Å². The van der Waals surface area contributed by atoms with E-state index >= 15 is 0 Å². The number of nitrogens with one attached hydrogen (secondary N) is 2. The number of hydrogen-bond acceptors (Lipinski definition) is 4. The van der Waals surface area contributed by atoms with Crippen molar-refractivity contribution in [2.45, 2.75) is 0 Å². The summed E-state index contributed by atoms with van der Waals surface area (Å²) in [5, 5.41) is 11.9. The minimum Gasteiger partial charge on any atom is -0.478 e. The molecule has 3 N–H and O–H groups in total. The highest BCUT2D eigenvalue weighted by Gasteiger charge is 2.23. The maximum absolute atomic E-state index is 12.1. The van der Waals surface area contributed by atoms with Crippen molar-refractivity contribution in [3.63, 3.8) is 0 Å². The van der Waals surface area contributed by atoms with E-state index in [0.29, 0.717) is 26.2 Å². The standard InChI is InChI=1S/C11H15N3O4S/c15-11(16)9-2-1-3-10(8-9)13-19(17,18)14-6-4-12-5-7-14/h1-3,8,12-13H,4-7H2,(H,15,16). The lowest BCUT2D eigenvalue weighted by molar-refractivity contribution is 0.0697. The normalized spacial score (nSPS) is 17.1. The van der Waals surface area contributed by atoms with E-state index in [1.165, 1.54) is 28.6 Å². The largest absolute Gasteiger partial charge is 0.478 e. The summed E-state index contributed by atoms with van der Waals surface area (Å²) >= 11 is 0. The summed E-state index contributed by atoms with van der Waals surface area (Å²) in [5.74, 6) is -1.09. The van der Waals surface area contributed by atoms with Crippen molar-refractivity contribution in [3.05, 3.63) is 29.8 Å². The number of nitrogens with zero attached hydrogens (tertiary/aromatic N) is 1. The summed E-state index contributed by atoms with van der Waals surface area (Å²) in [6, 6.07) is 5.72. The zero-order chi connectivity index (χ0) is 13.9. The molecule has 1 aromatic rings. The highest BCUT2D eigenvalue weighted by Crippen LogP contribution is 2.14. The van der Waals surface area contributed by atoms with Crippen molar-refractivity contribution in [1.29, 1.82) is 0 Å². The van der Waals surface area contributed by atoms with E-state index < -0.39 is 16.2 Å². The second-order valence-electron chi connectivity index (χ2n) is 4.14. The van der Waals surface area contributed by atoms with Crippen molar-refractivity contribution in [2.24, 2.45) is 0 Å². The van der Waals surface area contributed by atoms with Crippen LogP contribution in [0.4, 0.5) is 5.69 Å². The van der Waals surface area contributed by atoms with Crippen molar-refractivity contribution in [3.8, 4) is 0 Å². The van der Waals surface area contributed by atoms with Crippen molar-refractivity contribution >= 4 is 21.9 Å². The van der Waals surface area contributed by atoms with E-state index in [1.54, 1.807) is 0 Å². The third-order valence-electron chi connectivity index (χ3n) is 2.77. The average Bonchev–Trinajstić information content (AvgIpc) is 2.39. The smallest absolute Gasteiger partial charge is 0.335 e. The molecule has 0 spiro atoms. The van der Waals surface area contributed by atoms with Crippen LogP contribution in [-0.2, 0) is 10.2 Å². The molecule has 2 rings (SSSR count). The van der Waals surface area contributed by atoms with E-state index in [2.05, 4.69) is 10.0 Å². The van der Waals surface area contributed by atoms with Gasteiger partial charge in [-0.15, -0.1) is 0 Å². The lowest BCUT2D eigenvalue weighted by Crippen LogP contribution is -2.48. The van der Waals surface area contributed by atoms with Crippen LogP contribution in [0.25, 0.3) is 0 Å². The lowest BCUT2D eigenvalue weighted by atomic mass is 10.2. The second kappa shape index (κ2) is 5.55. The van der Waals surface area contributed by atoms with Crippen molar-refractivity contribution in [2.75, 3.05) is 30.9 Å². The number of anilines is 1. The Morgan fingerprint density at radius 3 is 2.63 bits per heavy atom. The van der Waals surface area contributed by atoms with Gasteiger partial charge in [-0.25, -0.2) is 4.79 Å². The van der Waals surface area contributed by atoms with Gasteiger partial charge in [0.2, 0.25) is 0 Å². The molecule has 1 aromatic carbocycles. The highest BCUT2D eigenvalue weighted by atomic mass is 32.2. The van der Waals surface area contributed by atoms with Gasteiger partial charge in [0.25, 0.3) is 0 Å². The molecule has 104 valence electrons. The van der Waals surface area contributed by atoms with Crippen molar-refractivity contribution < 1.29 is 18.3 Å². The molecule has 0 atom stereocenters. The third-order valence-corrected chi connectivity index (χ3v) is 4.31. The molecule has 0 saturated carbocycles. The Morgan fingerprint density at radius 2 is 2.00 bits per heavy atom. The van der Waals surface area contributed by atoms with E-state index in [9.17, 15) is 13.2 Å². The molecule has 7 nitrogen and oxygen atoms in total. The fourth-order valence-corrected chi connectivity index (χ4v) is 3.03. The topological polar surface area (TPSA) is 98.7 Å². The molecule has 0 radical (unpaired) electrons. The molecule has 1 heterocycles. The molecular formula is C11H15N3O4S. The number of hydrogen-bond donors (Lipinski definition) is 3. The predicted molar refractivity (Wildman–Crippen MR) is 70.4 cm³/mol. The Morgan fingerprint density at radius 1 is 1.32 bits per heavy atom. The Balaban J connectivity index is 2.15. The second-order valence-corrected chi connectivity index (χ2v) is 5.81. The number of carboxylic acid groups (broad SMARTS) is 1. The summed E-state index contributed by atoms with van der Waals surface area (Å²) in [6.45, 7) is 2.01. The number of carboxylic acids is 1. The summed E-state index contributed by atoms with van der Waals surface area (Å²) in [6.07, 6.45) is 0. The number of piperazine rings is 1. The zero-order valence-electron chi connectivity index (χ0n) is 10.2. The third kappa shape index (κ3) is 3.43. The number of benzene rings is 1. The Labute approximate surface area is 111 Å². The van der Waals surface area contributed by atoms with Gasteiger partial charge in [-0.3, -0.25) is 4.72 Å². The van der Waals surface area contributed by atoms with Gasteiger partial charge >= 0.3 is 16.2 Å². The molecule has 19 heavy (non-hydrogen) atoms. The van der Waals surface area contributed by atoms with Crippen LogP contribution in [0.2, 0.25) is 0 Å². The Bertz CT molecular complexity index is 567. The van der Waals surface area contributed by atoms with E-state index in [1.807, 2.05) is 0 Å². The first-order chi connectivity index (χ1) is 8.99. The highest BCUT2D eigenvalue weighted by molar-refractivity contribution is 7.90. The molecule has 0 aliphatic carbocycles. The number of carbonyl (C=O) groups is 1. The average molecular weight is 285 g/mol. The SMILES string of the molecule is O=C(O)c1cccc(NS(=O)(=O)N2CCNCC2)c1. The molecule has 1 fully saturated rings. The van der Waals surface area contributed by atoms with Gasteiger partial charge in [0.1, 0.15) is 0 Å². The molecule has 1 aliphatic heterocycles. The molecule has 0 unspecified atom stereocenters. The summed E-state index contributed by atoms with van der Waals surface area (Å²) < 4.78 is 27.9. The van der Waals surface area contributed by atoms with Crippen LogP contribution < -0.4 is 10.0 Å². The summed E-state index contributed by atoms with van der Waals surface area (Å²) in [7, 11) is -3.63. The van der Waals surface area contributed by atoms with Crippen molar-refractivity contribution in [1.82, 2.24) is 9.62 Å². The van der Waals surface area contributed by atoms with Gasteiger partial charge in [-0.1, -0.05) is 6.07 Å². The zero-order valence-corrected chi connectivity index (χ0v) is 11.0. The minimum absolute atomic E-state index is 0.0421. The van der Waals surface area contributed by atoms with Crippen LogP contribution in [-0.4, -0.2) is 50.0 Å². The van der Waals surface area contributed by atoms with Gasteiger partial charge in [-0.2, -0.15) is 12.7 Å². The fourth-order valence-electron chi connectivity index (χ4n) is 1.81. The molecule has 0 bridgehead atoms. The van der Waals surface area contributed by atoms with Gasteiger partial charge in [-0.05, 0) is 18.2 Å². The summed E-state index contributed by atoms with van der Waals surface area (Å²) in [5.41, 5.74) is 0.291. The molecule has 8 heteroatoms. The van der Waals surface area contributed by atoms with Gasteiger partial charge in [0.15, 0.2) is 0 Å². The maximum Gasteiger partial charge on any atom is 0.335 e. The maximum atomic E-state index is 12.1. The molecule has 1 aliphatic rings. The monoisotopic (exact) mass is 285 g/mol. The van der Waals surface area contributed by atoms with Gasteiger partial charge < -0.3 is 10.4 Å². The quantitative estimate of drug-likeness (QED) is 0.720. The number of aromatic carboxylic acids is 1. The first-order valence-electron chi connectivity index (χ1n) is 5.81. The van der Waals surface area contributed by atoms with Crippen LogP contribution >= 0.6 is 0 Å². The Kier molecular flexibility index (Phi) is 4.03. The van der Waals surface area contributed by atoms with E-state index in [4.69, 9.17) is 5.11 Å². The van der Waals surface area contributed by atoms with Gasteiger partial charge in [0, 0.05) is 26.2 Å². The summed E-state index contributed by atoms with van der Waals surface area (Å²) in [4.78, 5) is 10.8. The first kappa shape index (κ1) is 13.8. The van der Waals surface area contributed by atoms with Crippen LogP contribution in [0.5, 0.6) is 0 Å². The number of rotatable bonds is 4. The van der Waals surface area contributed by atoms with E-state index in [0.717, 1.165) is 0 Å².